The number of para-hydroxylation sites is 1. The standard InChI is InChI=1S/C12H13N3O2/c1-13-11(16)7-15-12(17)9-6-14-10-5-3-2-4-8(9)10/h2-6,14H,7H2,1H3,(H,13,16)(H,15,17). The molecule has 0 fully saturated rings. The molecule has 2 aromatic rings. The Labute approximate surface area is 98.2 Å². The van der Waals surface area contributed by atoms with Gasteiger partial charge in [-0.25, -0.2) is 0 Å². The Hall–Kier alpha value is -2.30. The maximum Gasteiger partial charge on any atom is 0.253 e. The summed E-state index contributed by atoms with van der Waals surface area (Å²) in [7, 11) is 1.53. The molecule has 0 unspecified atom stereocenters. The van der Waals surface area contributed by atoms with E-state index >= 15 is 0 Å². The summed E-state index contributed by atoms with van der Waals surface area (Å²) in [6.45, 7) is -0.0190. The van der Waals surface area contributed by atoms with Crippen LogP contribution < -0.4 is 10.6 Å². The van der Waals surface area contributed by atoms with Crippen LogP contribution in [0.4, 0.5) is 0 Å². The van der Waals surface area contributed by atoms with Crippen molar-refractivity contribution in [2.45, 2.75) is 0 Å². The largest absolute Gasteiger partial charge is 0.360 e. The maximum absolute atomic E-state index is 11.8. The molecule has 1 aromatic carbocycles. The second-order valence-corrected chi connectivity index (χ2v) is 3.60. The number of nitrogens with one attached hydrogen (secondary N) is 3. The lowest BCUT2D eigenvalue weighted by atomic mass is 10.1. The fourth-order valence-electron chi connectivity index (χ4n) is 1.60. The Bertz CT molecular complexity index is 560. The predicted octanol–water partition coefficient (Wildman–Crippen LogP) is 0.644. The molecule has 0 atom stereocenters. The van der Waals surface area contributed by atoms with Crippen molar-refractivity contribution in [2.75, 3.05) is 13.6 Å². The van der Waals surface area contributed by atoms with Crippen LogP contribution in [0, 0.1) is 0 Å². The van der Waals surface area contributed by atoms with E-state index in [0.717, 1.165) is 10.9 Å². The van der Waals surface area contributed by atoms with Crippen molar-refractivity contribution in [3.05, 3.63) is 36.0 Å². The number of carbonyl (C=O) groups excluding carboxylic acids is 2. The highest BCUT2D eigenvalue weighted by Gasteiger charge is 2.11. The van der Waals surface area contributed by atoms with Gasteiger partial charge >= 0.3 is 0 Å². The molecule has 1 aromatic heterocycles. The van der Waals surface area contributed by atoms with Crippen molar-refractivity contribution in [1.82, 2.24) is 15.6 Å². The van der Waals surface area contributed by atoms with Crippen molar-refractivity contribution >= 4 is 22.7 Å². The summed E-state index contributed by atoms with van der Waals surface area (Å²) in [5.74, 6) is -0.482. The molecule has 0 aliphatic heterocycles. The fraction of sp³-hybridized carbons (Fsp3) is 0.167. The van der Waals surface area contributed by atoms with E-state index in [4.69, 9.17) is 0 Å². The van der Waals surface area contributed by atoms with Crippen LogP contribution in [0.15, 0.2) is 30.5 Å². The molecule has 2 rings (SSSR count). The van der Waals surface area contributed by atoms with E-state index in [1.165, 1.54) is 7.05 Å². The summed E-state index contributed by atoms with van der Waals surface area (Å²) < 4.78 is 0. The van der Waals surface area contributed by atoms with Crippen molar-refractivity contribution < 1.29 is 9.59 Å². The van der Waals surface area contributed by atoms with Gasteiger partial charge in [-0.3, -0.25) is 9.59 Å². The molecule has 5 heteroatoms. The number of H-pyrrole nitrogens is 1. The number of amides is 2. The van der Waals surface area contributed by atoms with Gasteiger partial charge in [-0.2, -0.15) is 0 Å². The molecule has 0 radical (unpaired) electrons. The predicted molar refractivity (Wildman–Crippen MR) is 64.7 cm³/mol. The first-order valence-corrected chi connectivity index (χ1v) is 5.27. The Morgan fingerprint density at radius 2 is 2.06 bits per heavy atom. The highest BCUT2D eigenvalue weighted by atomic mass is 16.2. The average molecular weight is 231 g/mol. The molecule has 17 heavy (non-hydrogen) atoms. The molecule has 5 nitrogen and oxygen atoms in total. The van der Waals surface area contributed by atoms with Gasteiger partial charge in [0.1, 0.15) is 0 Å². The number of benzene rings is 1. The van der Waals surface area contributed by atoms with Gasteiger partial charge in [0.15, 0.2) is 0 Å². The quantitative estimate of drug-likeness (QED) is 0.725. The molecule has 2 amide bonds. The van der Waals surface area contributed by atoms with Crippen LogP contribution in [0.1, 0.15) is 10.4 Å². The zero-order valence-corrected chi connectivity index (χ0v) is 9.41. The lowest BCUT2D eigenvalue weighted by Gasteiger charge is -2.02. The Kier molecular flexibility index (Phi) is 3.09. The molecule has 0 aliphatic rings. The molecular weight excluding hydrogens is 218 g/mol. The normalized spacial score (nSPS) is 10.2. The highest BCUT2D eigenvalue weighted by Crippen LogP contribution is 2.17. The summed E-state index contributed by atoms with van der Waals surface area (Å²) in [5.41, 5.74) is 1.45. The first kappa shape index (κ1) is 11.2. The molecule has 1 heterocycles. The molecule has 0 aliphatic carbocycles. The Morgan fingerprint density at radius 1 is 1.29 bits per heavy atom. The fourth-order valence-corrected chi connectivity index (χ4v) is 1.60. The number of hydrogen-bond acceptors (Lipinski definition) is 2. The first-order chi connectivity index (χ1) is 8.22. The summed E-state index contributed by atoms with van der Waals surface area (Å²) >= 11 is 0. The van der Waals surface area contributed by atoms with Gasteiger partial charge in [0.2, 0.25) is 5.91 Å². The minimum absolute atomic E-state index is 0.0190. The van der Waals surface area contributed by atoms with E-state index in [2.05, 4.69) is 15.6 Å². The van der Waals surface area contributed by atoms with Gasteiger partial charge in [-0.05, 0) is 6.07 Å². The maximum atomic E-state index is 11.8. The zero-order valence-electron chi connectivity index (χ0n) is 9.41. The van der Waals surface area contributed by atoms with Crippen LogP contribution >= 0.6 is 0 Å². The highest BCUT2D eigenvalue weighted by molar-refractivity contribution is 6.07. The molecule has 0 saturated heterocycles. The lowest BCUT2D eigenvalue weighted by molar-refractivity contribution is -0.119. The molecule has 0 spiro atoms. The van der Waals surface area contributed by atoms with Gasteiger partial charge in [-0.1, -0.05) is 18.2 Å². The number of likely N-dealkylation sites (N-methyl/N-ethyl adjacent to an activating group) is 1. The van der Waals surface area contributed by atoms with Gasteiger partial charge in [0.25, 0.3) is 5.91 Å². The number of aromatic nitrogens is 1. The molecular formula is C12H13N3O2. The van der Waals surface area contributed by atoms with E-state index in [1.54, 1.807) is 6.20 Å². The number of fused-ring (bicyclic) bond motifs is 1. The van der Waals surface area contributed by atoms with Crippen LogP contribution in [0.5, 0.6) is 0 Å². The minimum atomic E-state index is -0.258. The van der Waals surface area contributed by atoms with Crippen LogP contribution in [-0.2, 0) is 4.79 Å². The van der Waals surface area contributed by atoms with Crippen LogP contribution in [-0.4, -0.2) is 30.4 Å². The Morgan fingerprint density at radius 3 is 2.82 bits per heavy atom. The molecule has 3 N–H and O–H groups in total. The van der Waals surface area contributed by atoms with E-state index in [1.807, 2.05) is 24.3 Å². The van der Waals surface area contributed by atoms with Crippen molar-refractivity contribution in [3.8, 4) is 0 Å². The third-order valence-electron chi connectivity index (χ3n) is 2.52. The van der Waals surface area contributed by atoms with E-state index < -0.39 is 0 Å². The lowest BCUT2D eigenvalue weighted by Crippen LogP contribution is -2.35. The number of aromatic amines is 1. The SMILES string of the molecule is CNC(=O)CNC(=O)c1c[nH]c2ccccc12. The first-order valence-electron chi connectivity index (χ1n) is 5.27. The summed E-state index contributed by atoms with van der Waals surface area (Å²) in [6.07, 6.45) is 1.64. The van der Waals surface area contributed by atoms with Gasteiger partial charge < -0.3 is 15.6 Å². The van der Waals surface area contributed by atoms with Crippen molar-refractivity contribution in [1.29, 1.82) is 0 Å². The number of carbonyl (C=O) groups is 2. The topological polar surface area (TPSA) is 74.0 Å². The summed E-state index contributed by atoms with van der Waals surface area (Å²) in [4.78, 5) is 25.9. The van der Waals surface area contributed by atoms with Gasteiger partial charge in [-0.15, -0.1) is 0 Å². The Balaban J connectivity index is 2.17. The second-order valence-electron chi connectivity index (χ2n) is 3.60. The smallest absolute Gasteiger partial charge is 0.253 e. The molecule has 0 saturated carbocycles. The van der Waals surface area contributed by atoms with E-state index in [0.29, 0.717) is 5.56 Å². The number of rotatable bonds is 3. The van der Waals surface area contributed by atoms with E-state index in [-0.39, 0.29) is 18.4 Å². The van der Waals surface area contributed by atoms with Crippen molar-refractivity contribution in [2.24, 2.45) is 0 Å². The third-order valence-corrected chi connectivity index (χ3v) is 2.52. The third kappa shape index (κ3) is 2.28. The van der Waals surface area contributed by atoms with Crippen LogP contribution in [0.2, 0.25) is 0 Å². The van der Waals surface area contributed by atoms with Crippen LogP contribution in [0.3, 0.4) is 0 Å². The average Bonchev–Trinajstić information content (AvgIpc) is 2.79. The van der Waals surface area contributed by atoms with E-state index in [9.17, 15) is 9.59 Å². The zero-order chi connectivity index (χ0) is 12.3. The summed E-state index contributed by atoms with van der Waals surface area (Å²) in [6, 6.07) is 7.52. The molecule has 0 bridgehead atoms. The van der Waals surface area contributed by atoms with Gasteiger partial charge in [0.05, 0.1) is 12.1 Å². The molecule has 88 valence electrons. The number of hydrogen-bond donors (Lipinski definition) is 3. The summed E-state index contributed by atoms with van der Waals surface area (Å²) in [5, 5.41) is 5.85. The van der Waals surface area contributed by atoms with Gasteiger partial charge in [0, 0.05) is 24.1 Å². The second kappa shape index (κ2) is 4.69. The monoisotopic (exact) mass is 231 g/mol. The van der Waals surface area contributed by atoms with Crippen molar-refractivity contribution in [3.63, 3.8) is 0 Å². The minimum Gasteiger partial charge on any atom is -0.360 e. The van der Waals surface area contributed by atoms with Crippen LogP contribution in [0.25, 0.3) is 10.9 Å².